The molecule has 0 saturated heterocycles. The highest BCUT2D eigenvalue weighted by Crippen LogP contribution is 2.51. The van der Waals surface area contributed by atoms with Crippen LogP contribution in [0.4, 0.5) is 5.82 Å². The summed E-state index contributed by atoms with van der Waals surface area (Å²) in [4.78, 5) is 29.8. The molecule has 2 aliphatic rings. The number of pyridine rings is 2. The van der Waals surface area contributed by atoms with Crippen LogP contribution in [0.25, 0.3) is 16.9 Å². The highest BCUT2D eigenvalue weighted by atomic mass is 32.2. The minimum Gasteiger partial charge on any atom is -0.480 e. The van der Waals surface area contributed by atoms with E-state index in [-0.39, 0.29) is 11.1 Å². The molecule has 1 fully saturated rings. The molecular formula is C23H26N4O3S. The van der Waals surface area contributed by atoms with Crippen LogP contribution in [0, 0.1) is 6.92 Å². The average Bonchev–Trinajstić information content (AvgIpc) is 3.30. The van der Waals surface area contributed by atoms with Crippen molar-refractivity contribution in [1.82, 2.24) is 14.0 Å². The molecule has 1 saturated carbocycles. The maximum absolute atomic E-state index is 13.1. The van der Waals surface area contributed by atoms with Crippen molar-refractivity contribution in [2.45, 2.75) is 63.1 Å². The van der Waals surface area contributed by atoms with Crippen LogP contribution in [-0.4, -0.2) is 36.3 Å². The van der Waals surface area contributed by atoms with Crippen molar-refractivity contribution >= 4 is 29.2 Å². The fourth-order valence-electron chi connectivity index (χ4n) is 4.24. The van der Waals surface area contributed by atoms with Gasteiger partial charge in [-0.3, -0.25) is 13.8 Å². The van der Waals surface area contributed by atoms with E-state index in [1.165, 1.54) is 16.3 Å². The van der Waals surface area contributed by atoms with E-state index in [4.69, 9.17) is 4.98 Å². The number of hydrogen-bond donors (Lipinski definition) is 2. The number of hydrogen-bond acceptors (Lipinski definition) is 5. The second kappa shape index (κ2) is 6.88. The molecule has 1 unspecified atom stereocenters. The normalized spacial score (nSPS) is 18.4. The minimum atomic E-state index is -0.957. The summed E-state index contributed by atoms with van der Waals surface area (Å²) in [7, 11) is 0. The quantitative estimate of drug-likeness (QED) is 0.632. The summed E-state index contributed by atoms with van der Waals surface area (Å²) < 4.78 is 3.50. The Hall–Kier alpha value is -2.74. The van der Waals surface area contributed by atoms with Gasteiger partial charge in [-0.1, -0.05) is 0 Å². The number of aliphatic carboxylic acids is 1. The second-order valence-corrected chi connectivity index (χ2v) is 10.5. The summed E-state index contributed by atoms with van der Waals surface area (Å²) in [6, 6.07) is 4.86. The van der Waals surface area contributed by atoms with Gasteiger partial charge in [0.05, 0.1) is 5.03 Å². The molecule has 31 heavy (non-hydrogen) atoms. The number of anilines is 1. The first kappa shape index (κ1) is 20.2. The van der Waals surface area contributed by atoms with Gasteiger partial charge >= 0.3 is 5.97 Å². The lowest BCUT2D eigenvalue weighted by molar-refractivity contribution is -0.140. The molecular weight excluding hydrogens is 412 g/mol. The molecule has 2 N–H and O–H groups in total. The second-order valence-electron chi connectivity index (χ2n) is 9.54. The summed E-state index contributed by atoms with van der Waals surface area (Å²) in [5.41, 5.74) is 4.10. The predicted molar refractivity (Wildman–Crippen MR) is 122 cm³/mol. The zero-order valence-corrected chi connectivity index (χ0v) is 18.9. The molecule has 0 radical (unpaired) electrons. The number of imidazole rings is 1. The van der Waals surface area contributed by atoms with Crippen molar-refractivity contribution in [3.63, 3.8) is 0 Å². The number of nitrogens with one attached hydrogen (secondary N) is 1. The summed E-state index contributed by atoms with van der Waals surface area (Å²) in [6.45, 7) is 8.32. The van der Waals surface area contributed by atoms with Gasteiger partial charge in [0.25, 0.3) is 5.56 Å². The van der Waals surface area contributed by atoms with Crippen LogP contribution in [0.1, 0.15) is 56.7 Å². The first-order valence-electron chi connectivity index (χ1n) is 10.6. The van der Waals surface area contributed by atoms with Gasteiger partial charge in [0, 0.05) is 29.1 Å². The van der Waals surface area contributed by atoms with Crippen molar-refractivity contribution in [2.24, 2.45) is 0 Å². The molecule has 4 heterocycles. The van der Waals surface area contributed by atoms with Crippen LogP contribution in [0.2, 0.25) is 0 Å². The van der Waals surface area contributed by atoms with E-state index < -0.39 is 12.0 Å². The van der Waals surface area contributed by atoms with E-state index in [1.54, 1.807) is 6.07 Å². The Morgan fingerprint density at radius 1 is 1.29 bits per heavy atom. The highest BCUT2D eigenvalue weighted by Gasteiger charge is 2.39. The number of aryl methyl sites for hydroxylation is 1. The first-order valence-corrected chi connectivity index (χ1v) is 11.5. The summed E-state index contributed by atoms with van der Waals surface area (Å²) >= 11 is 1.48. The molecule has 7 nitrogen and oxygen atoms in total. The molecule has 0 aromatic carbocycles. The minimum absolute atomic E-state index is 0.204. The average molecular weight is 439 g/mol. The fraction of sp³-hybridized carbons (Fsp3) is 0.435. The number of rotatable bonds is 4. The number of carboxylic acids is 1. The SMILES string of the molecule is Cc1ccn2c(NC(C)(C)C)c(-c3cc(=O)n4c(c3C3CC3)SCC4C(=O)O)nc2c1. The lowest BCUT2D eigenvalue weighted by Gasteiger charge is -2.23. The van der Waals surface area contributed by atoms with Gasteiger partial charge < -0.3 is 10.4 Å². The van der Waals surface area contributed by atoms with Crippen molar-refractivity contribution in [3.05, 3.63) is 45.9 Å². The summed E-state index contributed by atoms with van der Waals surface area (Å²) in [6.07, 6.45) is 4.09. The highest BCUT2D eigenvalue weighted by molar-refractivity contribution is 7.99. The van der Waals surface area contributed by atoms with Gasteiger partial charge in [-0.05, 0) is 69.7 Å². The van der Waals surface area contributed by atoms with Crippen LogP contribution in [0.15, 0.2) is 34.2 Å². The fourth-order valence-corrected chi connectivity index (χ4v) is 5.64. The predicted octanol–water partition coefficient (Wildman–Crippen LogP) is 4.29. The number of carboxylic acid groups (broad SMARTS) is 1. The molecule has 162 valence electrons. The largest absolute Gasteiger partial charge is 0.480 e. The molecule has 8 heteroatoms. The molecule has 3 aromatic heterocycles. The molecule has 0 amide bonds. The maximum Gasteiger partial charge on any atom is 0.327 e. The summed E-state index contributed by atoms with van der Waals surface area (Å²) in [5, 5.41) is 14.0. The molecule has 5 rings (SSSR count). The number of carbonyl (C=O) groups is 1. The molecule has 1 aliphatic carbocycles. The van der Waals surface area contributed by atoms with Gasteiger partial charge in [-0.15, -0.1) is 11.8 Å². The monoisotopic (exact) mass is 438 g/mol. The van der Waals surface area contributed by atoms with E-state index in [0.29, 0.717) is 11.7 Å². The Morgan fingerprint density at radius 2 is 2.03 bits per heavy atom. The lowest BCUT2D eigenvalue weighted by atomic mass is 10.0. The van der Waals surface area contributed by atoms with Gasteiger partial charge in [-0.2, -0.15) is 0 Å². The lowest BCUT2D eigenvalue weighted by Crippen LogP contribution is -2.29. The smallest absolute Gasteiger partial charge is 0.327 e. The van der Waals surface area contributed by atoms with Crippen LogP contribution >= 0.6 is 11.8 Å². The summed E-state index contributed by atoms with van der Waals surface area (Å²) in [5.74, 6) is 0.615. The Bertz CT molecular complexity index is 1280. The molecule has 1 aliphatic heterocycles. The first-order chi connectivity index (χ1) is 14.6. The number of aromatic nitrogens is 3. The Labute approximate surface area is 184 Å². The maximum atomic E-state index is 13.1. The third kappa shape index (κ3) is 3.43. The van der Waals surface area contributed by atoms with Crippen LogP contribution < -0.4 is 10.9 Å². The number of thioether (sulfide) groups is 1. The Morgan fingerprint density at radius 3 is 2.68 bits per heavy atom. The van der Waals surface area contributed by atoms with Gasteiger partial charge in [0.1, 0.15) is 23.2 Å². The van der Waals surface area contributed by atoms with Gasteiger partial charge in [0.2, 0.25) is 0 Å². The Kier molecular flexibility index (Phi) is 4.48. The number of nitrogens with zero attached hydrogens (tertiary/aromatic N) is 3. The van der Waals surface area contributed by atoms with Crippen molar-refractivity contribution < 1.29 is 9.90 Å². The van der Waals surface area contributed by atoms with E-state index >= 15 is 0 Å². The van der Waals surface area contributed by atoms with E-state index in [2.05, 4.69) is 26.1 Å². The van der Waals surface area contributed by atoms with Gasteiger partial charge in [0.15, 0.2) is 0 Å². The van der Waals surface area contributed by atoms with Gasteiger partial charge in [-0.25, -0.2) is 9.78 Å². The molecule has 0 spiro atoms. The third-order valence-electron chi connectivity index (χ3n) is 5.74. The zero-order chi connectivity index (χ0) is 22.1. The van der Waals surface area contributed by atoms with Crippen LogP contribution in [-0.2, 0) is 4.79 Å². The molecule has 0 bridgehead atoms. The van der Waals surface area contributed by atoms with Crippen LogP contribution in [0.5, 0.6) is 0 Å². The molecule has 3 aromatic rings. The van der Waals surface area contributed by atoms with Crippen molar-refractivity contribution in [2.75, 3.05) is 11.1 Å². The zero-order valence-electron chi connectivity index (χ0n) is 18.1. The van der Waals surface area contributed by atoms with Crippen LogP contribution in [0.3, 0.4) is 0 Å². The Balaban J connectivity index is 1.80. The van der Waals surface area contributed by atoms with E-state index in [0.717, 1.165) is 51.7 Å². The third-order valence-corrected chi connectivity index (χ3v) is 6.91. The topological polar surface area (TPSA) is 88.6 Å². The molecule has 1 atom stereocenters. The van der Waals surface area contributed by atoms with Crippen molar-refractivity contribution in [3.8, 4) is 11.3 Å². The van der Waals surface area contributed by atoms with E-state index in [1.807, 2.05) is 29.7 Å². The van der Waals surface area contributed by atoms with E-state index in [9.17, 15) is 14.7 Å². The van der Waals surface area contributed by atoms with Crippen molar-refractivity contribution in [1.29, 1.82) is 0 Å². The number of fused-ring (bicyclic) bond motifs is 2. The standard InChI is InChI=1S/C23H26N4O3S/c1-12-7-8-26-16(9-12)24-19(20(26)25-23(2,3)4)14-10-17(28)27-15(22(29)30)11-31-21(27)18(14)13-5-6-13/h7-10,13,15,25H,5-6,11H2,1-4H3,(H,29,30).